The average Bonchev–Trinajstić information content (AvgIpc) is 2.39. The molecule has 1 aliphatic heterocycles. The number of carboxylic acid groups (broad SMARTS) is 1. The first kappa shape index (κ1) is 11.7. The van der Waals surface area contributed by atoms with Crippen LogP contribution in [0.15, 0.2) is 40.9 Å². The van der Waals surface area contributed by atoms with Crippen LogP contribution in [0.1, 0.15) is 24.5 Å². The Balaban J connectivity index is 2.05. The van der Waals surface area contributed by atoms with Gasteiger partial charge in [0, 0.05) is 16.8 Å². The van der Waals surface area contributed by atoms with Crippen molar-refractivity contribution in [1.82, 2.24) is 0 Å². The molecular formula is C15H14N2O2. The Labute approximate surface area is 111 Å². The van der Waals surface area contributed by atoms with E-state index in [0.717, 1.165) is 29.8 Å². The molecule has 4 heteroatoms. The predicted octanol–water partition coefficient (Wildman–Crippen LogP) is 2.83. The predicted molar refractivity (Wildman–Crippen MR) is 75.2 cm³/mol. The number of benzene rings is 1. The van der Waals surface area contributed by atoms with Gasteiger partial charge in [0.2, 0.25) is 0 Å². The van der Waals surface area contributed by atoms with Gasteiger partial charge in [0.25, 0.3) is 0 Å². The number of hydrogen-bond donors (Lipinski definition) is 2. The zero-order valence-electron chi connectivity index (χ0n) is 10.6. The molecule has 2 aliphatic rings. The van der Waals surface area contributed by atoms with Crippen LogP contribution in [0.5, 0.6) is 0 Å². The number of nitrogens with zero attached hydrogens (tertiary/aromatic N) is 1. The second-order valence-electron chi connectivity index (χ2n) is 4.72. The summed E-state index contributed by atoms with van der Waals surface area (Å²) in [7, 11) is 0. The first-order valence-corrected chi connectivity index (χ1v) is 6.25. The molecule has 0 atom stereocenters. The van der Waals surface area contributed by atoms with Crippen LogP contribution in [0, 0.1) is 0 Å². The molecule has 19 heavy (non-hydrogen) atoms. The third-order valence-corrected chi connectivity index (χ3v) is 3.35. The monoisotopic (exact) mass is 254 g/mol. The second-order valence-corrected chi connectivity index (χ2v) is 4.72. The maximum absolute atomic E-state index is 10.9. The number of rotatable bonds is 2. The van der Waals surface area contributed by atoms with Gasteiger partial charge in [0.15, 0.2) is 0 Å². The molecule has 0 amide bonds. The van der Waals surface area contributed by atoms with Crippen LogP contribution >= 0.6 is 0 Å². The van der Waals surface area contributed by atoms with E-state index < -0.39 is 5.97 Å². The highest BCUT2D eigenvalue weighted by molar-refractivity contribution is 6.13. The fourth-order valence-electron chi connectivity index (χ4n) is 2.41. The van der Waals surface area contributed by atoms with Gasteiger partial charge in [-0.2, -0.15) is 0 Å². The topological polar surface area (TPSA) is 61.7 Å². The Hall–Kier alpha value is -2.36. The van der Waals surface area contributed by atoms with Crippen molar-refractivity contribution in [3.8, 4) is 0 Å². The first-order valence-electron chi connectivity index (χ1n) is 6.25. The largest absolute Gasteiger partial charge is 0.478 e. The van der Waals surface area contributed by atoms with Crippen LogP contribution in [0.25, 0.3) is 5.70 Å². The standard InChI is InChI=1S/C15H14N2O2/c1-9(15(18)19)8-13-16-11-6-2-4-10-5-3-7-12(17-13)14(10)11/h2,4,6-8H,3,5H2,1H3,(H,16,17)(H,18,19)/b9-8-. The van der Waals surface area contributed by atoms with Crippen molar-refractivity contribution in [2.45, 2.75) is 19.8 Å². The van der Waals surface area contributed by atoms with Crippen molar-refractivity contribution in [3.05, 3.63) is 47.1 Å². The number of aliphatic imine (C=N–C) groups is 1. The fraction of sp³-hybridized carbons (Fsp3) is 0.200. The van der Waals surface area contributed by atoms with Gasteiger partial charge in [-0.3, -0.25) is 0 Å². The molecule has 4 nitrogen and oxygen atoms in total. The normalized spacial score (nSPS) is 17.0. The molecule has 0 bridgehead atoms. The minimum atomic E-state index is -0.929. The molecule has 1 heterocycles. The summed E-state index contributed by atoms with van der Waals surface area (Å²) in [5.41, 5.74) is 4.66. The number of carbonyl (C=O) groups is 1. The number of allylic oxidation sites excluding steroid dienone is 1. The summed E-state index contributed by atoms with van der Waals surface area (Å²) in [6.07, 6.45) is 5.68. The zero-order chi connectivity index (χ0) is 13.4. The van der Waals surface area contributed by atoms with Crippen molar-refractivity contribution >= 4 is 23.2 Å². The Kier molecular flexibility index (Phi) is 2.71. The maximum Gasteiger partial charge on any atom is 0.331 e. The molecule has 1 aromatic carbocycles. The van der Waals surface area contributed by atoms with Crippen LogP contribution < -0.4 is 5.32 Å². The van der Waals surface area contributed by atoms with Gasteiger partial charge < -0.3 is 10.4 Å². The molecule has 0 spiro atoms. The summed E-state index contributed by atoms with van der Waals surface area (Å²) in [4.78, 5) is 15.4. The SMILES string of the molecule is C/C(=C/C1=NC2=CCCc3cccc(c32)N1)C(=O)O. The van der Waals surface area contributed by atoms with E-state index in [1.54, 1.807) is 13.0 Å². The number of aliphatic carboxylic acids is 1. The molecule has 0 saturated heterocycles. The Morgan fingerprint density at radius 1 is 1.47 bits per heavy atom. The van der Waals surface area contributed by atoms with E-state index in [9.17, 15) is 4.79 Å². The molecule has 1 aliphatic carbocycles. The van der Waals surface area contributed by atoms with E-state index >= 15 is 0 Å². The summed E-state index contributed by atoms with van der Waals surface area (Å²) in [5.74, 6) is -0.348. The van der Waals surface area contributed by atoms with Gasteiger partial charge in [0.1, 0.15) is 5.84 Å². The third kappa shape index (κ3) is 2.05. The lowest BCUT2D eigenvalue weighted by Gasteiger charge is -2.24. The summed E-state index contributed by atoms with van der Waals surface area (Å²) in [6, 6.07) is 6.13. The average molecular weight is 254 g/mol. The van der Waals surface area contributed by atoms with Crippen molar-refractivity contribution in [1.29, 1.82) is 0 Å². The summed E-state index contributed by atoms with van der Waals surface area (Å²) >= 11 is 0. The zero-order valence-corrected chi connectivity index (χ0v) is 10.6. The molecule has 0 radical (unpaired) electrons. The first-order chi connectivity index (χ1) is 9.15. The lowest BCUT2D eigenvalue weighted by molar-refractivity contribution is -0.132. The minimum Gasteiger partial charge on any atom is -0.478 e. The van der Waals surface area contributed by atoms with Gasteiger partial charge in [-0.1, -0.05) is 18.2 Å². The van der Waals surface area contributed by atoms with Crippen LogP contribution in [-0.4, -0.2) is 16.9 Å². The highest BCUT2D eigenvalue weighted by Gasteiger charge is 2.21. The van der Waals surface area contributed by atoms with Gasteiger partial charge >= 0.3 is 5.97 Å². The number of hydrogen-bond acceptors (Lipinski definition) is 3. The van der Waals surface area contributed by atoms with Crippen molar-refractivity contribution < 1.29 is 9.90 Å². The van der Waals surface area contributed by atoms with E-state index in [4.69, 9.17) is 5.11 Å². The summed E-state index contributed by atoms with van der Waals surface area (Å²) < 4.78 is 0. The van der Waals surface area contributed by atoms with E-state index in [1.165, 1.54) is 5.56 Å². The van der Waals surface area contributed by atoms with Crippen LogP contribution in [0.4, 0.5) is 5.69 Å². The maximum atomic E-state index is 10.9. The summed E-state index contributed by atoms with van der Waals surface area (Å²) in [6.45, 7) is 1.56. The van der Waals surface area contributed by atoms with Crippen molar-refractivity contribution in [3.63, 3.8) is 0 Å². The number of nitrogens with one attached hydrogen (secondary N) is 1. The molecule has 0 aromatic heterocycles. The van der Waals surface area contributed by atoms with Gasteiger partial charge in [-0.15, -0.1) is 0 Å². The van der Waals surface area contributed by atoms with Crippen LogP contribution in [-0.2, 0) is 11.2 Å². The number of carboxylic acids is 1. The Morgan fingerprint density at radius 2 is 2.32 bits per heavy atom. The third-order valence-electron chi connectivity index (χ3n) is 3.35. The lowest BCUT2D eigenvalue weighted by atomic mass is 9.92. The molecule has 0 saturated carbocycles. The molecule has 3 rings (SSSR count). The molecule has 1 aromatic rings. The quantitative estimate of drug-likeness (QED) is 0.798. The van der Waals surface area contributed by atoms with E-state index in [1.807, 2.05) is 12.1 Å². The van der Waals surface area contributed by atoms with E-state index in [2.05, 4.69) is 22.5 Å². The van der Waals surface area contributed by atoms with E-state index in [-0.39, 0.29) is 5.57 Å². The highest BCUT2D eigenvalue weighted by Crippen LogP contribution is 2.36. The van der Waals surface area contributed by atoms with Crippen LogP contribution in [0.2, 0.25) is 0 Å². The minimum absolute atomic E-state index is 0.266. The molecule has 0 fully saturated rings. The molecule has 2 N–H and O–H groups in total. The number of anilines is 1. The number of amidine groups is 1. The summed E-state index contributed by atoms with van der Waals surface area (Å²) in [5, 5.41) is 12.1. The van der Waals surface area contributed by atoms with Crippen molar-refractivity contribution in [2.24, 2.45) is 4.99 Å². The second kappa shape index (κ2) is 4.39. The highest BCUT2D eigenvalue weighted by atomic mass is 16.4. The van der Waals surface area contributed by atoms with Gasteiger partial charge in [-0.25, -0.2) is 9.79 Å². The van der Waals surface area contributed by atoms with Gasteiger partial charge in [0.05, 0.1) is 5.70 Å². The smallest absolute Gasteiger partial charge is 0.331 e. The van der Waals surface area contributed by atoms with Gasteiger partial charge in [-0.05, 0) is 37.5 Å². The van der Waals surface area contributed by atoms with Crippen LogP contribution in [0.3, 0.4) is 0 Å². The molecular weight excluding hydrogens is 240 g/mol. The lowest BCUT2D eigenvalue weighted by Crippen LogP contribution is -2.18. The Bertz CT molecular complexity index is 654. The molecule has 96 valence electrons. The van der Waals surface area contributed by atoms with E-state index in [0.29, 0.717) is 5.84 Å². The van der Waals surface area contributed by atoms with Crippen molar-refractivity contribution in [2.75, 3.05) is 5.32 Å². The molecule has 0 unspecified atom stereocenters. The Morgan fingerprint density at radius 3 is 3.11 bits per heavy atom. The number of aryl methyl sites for hydroxylation is 1. The fourth-order valence-corrected chi connectivity index (χ4v) is 2.41.